The van der Waals surface area contributed by atoms with Gasteiger partial charge in [0.15, 0.2) is 0 Å². The van der Waals surface area contributed by atoms with Crippen LogP contribution in [0.25, 0.3) is 5.70 Å². The van der Waals surface area contributed by atoms with E-state index in [0.29, 0.717) is 12.0 Å². The fourth-order valence-corrected chi connectivity index (χ4v) is 5.58. The Kier molecular flexibility index (Phi) is 4.64. The van der Waals surface area contributed by atoms with Crippen LogP contribution in [0.5, 0.6) is 0 Å². The van der Waals surface area contributed by atoms with E-state index in [2.05, 4.69) is 71.0 Å². The Balaban J connectivity index is 1.95. The molecule has 1 aliphatic carbocycles. The molecule has 0 saturated heterocycles. The van der Waals surface area contributed by atoms with Crippen LogP contribution in [0.3, 0.4) is 0 Å². The molecule has 1 aromatic heterocycles. The van der Waals surface area contributed by atoms with E-state index >= 15 is 0 Å². The Morgan fingerprint density at radius 2 is 2.07 bits per heavy atom. The summed E-state index contributed by atoms with van der Waals surface area (Å²) in [5.41, 5.74) is 10.2. The van der Waals surface area contributed by atoms with Crippen molar-refractivity contribution in [1.29, 1.82) is 0 Å². The third kappa shape index (κ3) is 2.80. The Morgan fingerprint density at radius 1 is 1.32 bits per heavy atom. The molecule has 0 aromatic carbocycles. The van der Waals surface area contributed by atoms with E-state index in [0.717, 1.165) is 24.0 Å². The summed E-state index contributed by atoms with van der Waals surface area (Å²) >= 11 is 0. The minimum atomic E-state index is 0.269. The van der Waals surface area contributed by atoms with Crippen molar-refractivity contribution in [3.63, 3.8) is 0 Å². The second-order valence-corrected chi connectivity index (χ2v) is 9.50. The molecule has 2 nitrogen and oxygen atoms in total. The molecule has 2 aliphatic heterocycles. The van der Waals surface area contributed by atoms with Crippen molar-refractivity contribution in [3.8, 4) is 0 Å². The zero-order valence-electron chi connectivity index (χ0n) is 18.2. The number of aryl methyl sites for hydroxylation is 2. The average molecular weight is 375 g/mol. The molecule has 2 heteroatoms. The van der Waals surface area contributed by atoms with Crippen molar-refractivity contribution < 1.29 is 0 Å². The molecule has 2 unspecified atom stereocenters. The van der Waals surface area contributed by atoms with Gasteiger partial charge in [-0.25, -0.2) is 0 Å². The van der Waals surface area contributed by atoms with Crippen LogP contribution in [0.2, 0.25) is 0 Å². The highest BCUT2D eigenvalue weighted by Crippen LogP contribution is 2.56. The van der Waals surface area contributed by atoms with Gasteiger partial charge in [0.05, 0.1) is 11.4 Å². The van der Waals surface area contributed by atoms with Crippen molar-refractivity contribution >= 4 is 5.70 Å². The monoisotopic (exact) mass is 374 g/mol. The first kappa shape index (κ1) is 19.2. The summed E-state index contributed by atoms with van der Waals surface area (Å²) in [7, 11) is 0. The summed E-state index contributed by atoms with van der Waals surface area (Å²) in [6.07, 6.45) is 10.3. The molecule has 0 bridgehead atoms. The van der Waals surface area contributed by atoms with Gasteiger partial charge in [-0.3, -0.25) is 4.98 Å². The van der Waals surface area contributed by atoms with Crippen molar-refractivity contribution in [2.24, 2.45) is 5.41 Å². The summed E-state index contributed by atoms with van der Waals surface area (Å²) < 4.78 is 0. The number of aromatic nitrogens is 1. The van der Waals surface area contributed by atoms with Crippen LogP contribution in [0, 0.1) is 5.41 Å². The molecule has 148 valence electrons. The maximum atomic E-state index is 5.24. The van der Waals surface area contributed by atoms with E-state index in [1.807, 2.05) is 0 Å². The van der Waals surface area contributed by atoms with Gasteiger partial charge in [-0.1, -0.05) is 53.3 Å². The van der Waals surface area contributed by atoms with E-state index in [1.54, 1.807) is 0 Å². The highest BCUT2D eigenvalue weighted by atomic mass is 15.2. The van der Waals surface area contributed by atoms with Crippen molar-refractivity contribution in [2.45, 2.75) is 78.7 Å². The quantitative estimate of drug-likeness (QED) is 0.593. The molecule has 1 saturated carbocycles. The molecule has 3 heterocycles. The lowest BCUT2D eigenvalue weighted by atomic mass is 9.76. The molecule has 1 aromatic rings. The van der Waals surface area contributed by atoms with Crippen LogP contribution in [0.15, 0.2) is 48.2 Å². The zero-order chi connectivity index (χ0) is 20.2. The third-order valence-electron chi connectivity index (χ3n) is 6.96. The smallest absolute Gasteiger partial charge is 0.0905 e. The minimum Gasteiger partial charge on any atom is -0.341 e. The van der Waals surface area contributed by atoms with Gasteiger partial charge in [-0.15, -0.1) is 0 Å². The fraction of sp³-hybridized carbons (Fsp3) is 0.500. The van der Waals surface area contributed by atoms with Crippen molar-refractivity contribution in [1.82, 2.24) is 9.88 Å². The molecular formula is C26H34N2. The van der Waals surface area contributed by atoms with Gasteiger partial charge in [0.25, 0.3) is 0 Å². The van der Waals surface area contributed by atoms with Gasteiger partial charge >= 0.3 is 0 Å². The Labute approximate surface area is 170 Å². The van der Waals surface area contributed by atoms with Gasteiger partial charge in [0.2, 0.25) is 0 Å². The normalized spacial score (nSPS) is 24.9. The molecule has 2 atom stereocenters. The van der Waals surface area contributed by atoms with E-state index in [9.17, 15) is 0 Å². The van der Waals surface area contributed by atoms with Crippen molar-refractivity contribution in [3.05, 3.63) is 70.7 Å². The third-order valence-corrected chi connectivity index (χ3v) is 6.96. The molecule has 0 spiro atoms. The molecule has 3 aliphatic rings. The fourth-order valence-electron chi connectivity index (χ4n) is 5.58. The first-order chi connectivity index (χ1) is 13.3. The number of hydrogen-bond acceptors (Lipinski definition) is 2. The van der Waals surface area contributed by atoms with Crippen LogP contribution < -0.4 is 0 Å². The van der Waals surface area contributed by atoms with Gasteiger partial charge in [0.1, 0.15) is 0 Å². The number of fused-ring (bicyclic) bond motifs is 6. The van der Waals surface area contributed by atoms with Gasteiger partial charge in [-0.2, -0.15) is 0 Å². The second-order valence-electron chi connectivity index (χ2n) is 9.50. The SMILES string of the molecule is C=C(C)C1=CN2C(=CC1=C)c1nc(CC)c(CCC)cc1C1CCC(C)(C)C12. The van der Waals surface area contributed by atoms with E-state index in [-0.39, 0.29) is 5.41 Å². The van der Waals surface area contributed by atoms with Crippen LogP contribution >= 0.6 is 0 Å². The highest BCUT2D eigenvalue weighted by Gasteiger charge is 2.50. The Hall–Kier alpha value is -2.09. The van der Waals surface area contributed by atoms with Crippen LogP contribution in [0.4, 0.5) is 0 Å². The molecule has 28 heavy (non-hydrogen) atoms. The van der Waals surface area contributed by atoms with E-state index in [4.69, 9.17) is 4.98 Å². The Morgan fingerprint density at radius 3 is 2.71 bits per heavy atom. The van der Waals surface area contributed by atoms with Gasteiger partial charge < -0.3 is 4.90 Å². The van der Waals surface area contributed by atoms with Crippen molar-refractivity contribution in [2.75, 3.05) is 0 Å². The van der Waals surface area contributed by atoms with E-state index < -0.39 is 0 Å². The number of pyridine rings is 1. The Bertz CT molecular complexity index is 913. The predicted molar refractivity (Wildman–Crippen MR) is 119 cm³/mol. The number of allylic oxidation sites excluding steroid dienone is 4. The molecule has 1 fully saturated rings. The average Bonchev–Trinajstić information content (AvgIpc) is 2.96. The summed E-state index contributed by atoms with van der Waals surface area (Å²) in [4.78, 5) is 7.76. The maximum absolute atomic E-state index is 5.24. The first-order valence-electron chi connectivity index (χ1n) is 10.9. The number of nitrogens with zero attached hydrogens (tertiary/aromatic N) is 2. The van der Waals surface area contributed by atoms with E-state index in [1.165, 1.54) is 53.0 Å². The molecule has 4 rings (SSSR count). The topological polar surface area (TPSA) is 16.1 Å². The lowest BCUT2D eigenvalue weighted by molar-refractivity contribution is 0.194. The zero-order valence-corrected chi connectivity index (χ0v) is 18.2. The lowest BCUT2D eigenvalue weighted by Crippen LogP contribution is -2.45. The number of rotatable bonds is 4. The van der Waals surface area contributed by atoms with Gasteiger partial charge in [0, 0.05) is 23.9 Å². The van der Waals surface area contributed by atoms with Crippen LogP contribution in [-0.4, -0.2) is 15.9 Å². The summed E-state index contributed by atoms with van der Waals surface area (Å²) in [6, 6.07) is 2.97. The largest absolute Gasteiger partial charge is 0.341 e. The number of hydrogen-bond donors (Lipinski definition) is 0. The lowest BCUT2D eigenvalue weighted by Gasteiger charge is -2.47. The maximum Gasteiger partial charge on any atom is 0.0905 e. The minimum absolute atomic E-state index is 0.269. The first-order valence-corrected chi connectivity index (χ1v) is 10.9. The second kappa shape index (κ2) is 6.76. The van der Waals surface area contributed by atoms with Gasteiger partial charge in [-0.05, 0) is 71.9 Å². The summed E-state index contributed by atoms with van der Waals surface area (Å²) in [5.74, 6) is 0.546. The molecule has 0 amide bonds. The molecular weight excluding hydrogens is 340 g/mol. The summed E-state index contributed by atoms with van der Waals surface area (Å²) in [6.45, 7) is 20.0. The highest BCUT2D eigenvalue weighted by molar-refractivity contribution is 5.76. The summed E-state index contributed by atoms with van der Waals surface area (Å²) in [5, 5.41) is 0. The predicted octanol–water partition coefficient (Wildman–Crippen LogP) is 6.56. The molecule has 0 N–H and O–H groups in total. The van der Waals surface area contributed by atoms with Crippen LogP contribution in [0.1, 0.15) is 82.3 Å². The standard InChI is InChI=1S/C26H34N2/c1-8-10-18-14-20-19-11-12-26(6,7)25(19)28-15-21(16(3)4)17(5)13-23(28)24(20)27-22(18)9-2/h13-15,19,25H,3,5,8-12H2,1-2,4,6-7H3. The van der Waals surface area contributed by atoms with Crippen LogP contribution in [-0.2, 0) is 12.8 Å². The molecule has 0 radical (unpaired) electrons.